The molecule has 0 aliphatic heterocycles. The zero-order valence-electron chi connectivity index (χ0n) is 13.0. The maximum atomic E-state index is 11.9. The van der Waals surface area contributed by atoms with Crippen molar-refractivity contribution in [2.75, 3.05) is 5.75 Å². The molecule has 0 aromatic rings. The Morgan fingerprint density at radius 3 is 2.33 bits per heavy atom. The smallest absolute Gasteiger partial charge is 0.407 e. The van der Waals surface area contributed by atoms with Gasteiger partial charge < -0.3 is 10.1 Å². The van der Waals surface area contributed by atoms with Gasteiger partial charge in [-0.1, -0.05) is 19.3 Å². The van der Waals surface area contributed by atoms with Crippen LogP contribution < -0.4 is 5.32 Å². The molecule has 0 spiro atoms. The van der Waals surface area contributed by atoms with Crippen molar-refractivity contribution >= 4 is 25.8 Å². The summed E-state index contributed by atoms with van der Waals surface area (Å²) in [5.41, 5.74) is -0.570. The lowest BCUT2D eigenvalue weighted by molar-refractivity contribution is 0.0475. The summed E-state index contributed by atoms with van der Waals surface area (Å²) < 4.78 is 27.6. The lowest BCUT2D eigenvalue weighted by Crippen LogP contribution is -2.44. The number of hydrogen-bond donors (Lipinski definition) is 1. The first-order chi connectivity index (χ1) is 9.57. The first kappa shape index (κ1) is 18.6. The van der Waals surface area contributed by atoms with Gasteiger partial charge >= 0.3 is 6.09 Å². The van der Waals surface area contributed by atoms with Gasteiger partial charge in [0.25, 0.3) is 0 Å². The molecule has 1 unspecified atom stereocenters. The second kappa shape index (κ2) is 7.68. The molecule has 1 fully saturated rings. The van der Waals surface area contributed by atoms with Crippen LogP contribution in [0.25, 0.3) is 0 Å². The van der Waals surface area contributed by atoms with Crippen LogP contribution in [0.5, 0.6) is 0 Å². The Hall–Kier alpha value is -0.490. The Morgan fingerprint density at radius 1 is 1.29 bits per heavy atom. The number of alkyl carbamates (subject to hydrolysis) is 1. The third kappa shape index (κ3) is 8.51. The lowest BCUT2D eigenvalue weighted by Gasteiger charge is -2.31. The minimum atomic E-state index is -3.55. The van der Waals surface area contributed by atoms with Gasteiger partial charge in [-0.2, -0.15) is 0 Å². The summed E-state index contributed by atoms with van der Waals surface area (Å²) in [6.45, 7) is 5.39. The van der Waals surface area contributed by atoms with E-state index in [0.29, 0.717) is 12.3 Å². The summed E-state index contributed by atoms with van der Waals surface area (Å²) in [7, 11) is 1.74. The molecule has 1 rings (SSSR count). The number of carbonyl (C=O) groups excluding carboxylic acids is 1. The van der Waals surface area contributed by atoms with Crippen molar-refractivity contribution in [1.29, 1.82) is 0 Å². The molecule has 0 aromatic carbocycles. The fourth-order valence-corrected chi connectivity index (χ4v) is 3.49. The first-order valence-electron chi connectivity index (χ1n) is 7.49. The Balaban J connectivity index is 2.64. The highest BCUT2D eigenvalue weighted by Crippen LogP contribution is 2.28. The van der Waals surface area contributed by atoms with Gasteiger partial charge in [-0.15, -0.1) is 0 Å². The van der Waals surface area contributed by atoms with Crippen LogP contribution in [0.3, 0.4) is 0 Å². The van der Waals surface area contributed by atoms with Gasteiger partial charge in [-0.25, -0.2) is 13.2 Å². The van der Waals surface area contributed by atoms with E-state index in [1.54, 1.807) is 20.8 Å². The van der Waals surface area contributed by atoms with Crippen LogP contribution in [0.15, 0.2) is 0 Å². The van der Waals surface area contributed by atoms with Crippen molar-refractivity contribution in [1.82, 2.24) is 5.32 Å². The van der Waals surface area contributed by atoms with Crippen LogP contribution in [0.2, 0.25) is 0 Å². The Bertz CT molecular complexity index is 438. The molecule has 1 aliphatic rings. The molecule has 1 atom stereocenters. The van der Waals surface area contributed by atoms with Crippen molar-refractivity contribution in [3.8, 4) is 0 Å². The Morgan fingerprint density at radius 2 is 1.86 bits per heavy atom. The van der Waals surface area contributed by atoms with E-state index in [0.717, 1.165) is 25.7 Å². The summed E-state index contributed by atoms with van der Waals surface area (Å²) in [6.07, 6.45) is 5.27. The fraction of sp³-hybridized carbons (Fsp3) is 0.929. The maximum Gasteiger partial charge on any atom is 0.407 e. The maximum absolute atomic E-state index is 11.9. The number of ether oxygens (including phenoxy) is 1. The molecule has 1 N–H and O–H groups in total. The minimum absolute atomic E-state index is 0.133. The molecule has 1 saturated carbocycles. The monoisotopic (exact) mass is 339 g/mol. The van der Waals surface area contributed by atoms with E-state index in [1.165, 1.54) is 6.42 Å². The van der Waals surface area contributed by atoms with E-state index >= 15 is 0 Å². The molecule has 0 aromatic heterocycles. The van der Waals surface area contributed by atoms with Crippen LogP contribution in [-0.4, -0.2) is 31.9 Å². The number of amides is 1. The third-order valence-corrected chi connectivity index (χ3v) is 4.78. The predicted octanol–water partition coefficient (Wildman–Crippen LogP) is 3.42. The fourth-order valence-electron chi connectivity index (χ4n) is 2.69. The molecule has 124 valence electrons. The van der Waals surface area contributed by atoms with Crippen molar-refractivity contribution in [2.24, 2.45) is 5.92 Å². The van der Waals surface area contributed by atoms with Crippen LogP contribution in [0.1, 0.15) is 59.3 Å². The van der Waals surface area contributed by atoms with Crippen molar-refractivity contribution < 1.29 is 17.9 Å². The molecule has 1 aliphatic carbocycles. The summed E-state index contributed by atoms with van der Waals surface area (Å²) in [5.74, 6) is 0.163. The van der Waals surface area contributed by atoms with Gasteiger partial charge in [0, 0.05) is 16.7 Å². The number of halogens is 1. The minimum Gasteiger partial charge on any atom is -0.444 e. The summed E-state index contributed by atoms with van der Waals surface area (Å²) in [5, 5.41) is 2.83. The van der Waals surface area contributed by atoms with E-state index in [2.05, 4.69) is 5.32 Å². The van der Waals surface area contributed by atoms with Crippen molar-refractivity contribution in [3.63, 3.8) is 0 Å². The number of rotatable bonds is 5. The molecule has 21 heavy (non-hydrogen) atoms. The van der Waals surface area contributed by atoms with E-state index in [4.69, 9.17) is 15.4 Å². The molecule has 0 radical (unpaired) electrons. The van der Waals surface area contributed by atoms with E-state index in [1.807, 2.05) is 0 Å². The standard InChI is InChI=1S/C14H26ClNO4S/c1-14(2,3)20-13(17)16-12(9-10-21(15,18)19)11-7-5-4-6-8-11/h11-12H,4-10H2,1-3H3,(H,16,17). The van der Waals surface area contributed by atoms with Crippen LogP contribution in [-0.2, 0) is 13.8 Å². The molecule has 0 saturated heterocycles. The summed E-state index contributed by atoms with van der Waals surface area (Å²) >= 11 is 0. The van der Waals surface area contributed by atoms with Gasteiger partial charge in [0.2, 0.25) is 9.05 Å². The molecule has 0 heterocycles. The van der Waals surface area contributed by atoms with E-state index in [9.17, 15) is 13.2 Å². The second-order valence-corrected chi connectivity index (χ2v) is 9.58. The third-order valence-electron chi connectivity index (χ3n) is 3.59. The van der Waals surface area contributed by atoms with Gasteiger partial charge in [-0.3, -0.25) is 0 Å². The van der Waals surface area contributed by atoms with Gasteiger partial charge in [0.05, 0.1) is 5.75 Å². The SMILES string of the molecule is CC(C)(C)OC(=O)NC(CCS(=O)(=O)Cl)C1CCCCC1. The van der Waals surface area contributed by atoms with Crippen molar-refractivity contribution in [2.45, 2.75) is 70.9 Å². The number of nitrogens with one attached hydrogen (secondary N) is 1. The molecule has 7 heteroatoms. The van der Waals surface area contributed by atoms with Gasteiger partial charge in [0.15, 0.2) is 0 Å². The van der Waals surface area contributed by atoms with Crippen molar-refractivity contribution in [3.05, 3.63) is 0 Å². The van der Waals surface area contributed by atoms with Crippen LogP contribution >= 0.6 is 10.7 Å². The van der Waals surface area contributed by atoms with Gasteiger partial charge in [-0.05, 0) is 46.0 Å². The normalized spacial score (nSPS) is 19.0. The predicted molar refractivity (Wildman–Crippen MR) is 84.0 cm³/mol. The molecule has 1 amide bonds. The molecular formula is C14H26ClNO4S. The summed E-state index contributed by atoms with van der Waals surface area (Å²) in [4.78, 5) is 11.9. The Labute approximate surface area is 132 Å². The zero-order valence-corrected chi connectivity index (χ0v) is 14.6. The van der Waals surface area contributed by atoms with E-state index < -0.39 is 20.7 Å². The van der Waals surface area contributed by atoms with E-state index in [-0.39, 0.29) is 11.8 Å². The molecule has 0 bridgehead atoms. The average molecular weight is 340 g/mol. The highest BCUT2D eigenvalue weighted by atomic mass is 35.7. The Kier molecular flexibility index (Phi) is 6.78. The number of hydrogen-bond acceptors (Lipinski definition) is 4. The number of carbonyl (C=O) groups is 1. The zero-order chi connectivity index (χ0) is 16.1. The quantitative estimate of drug-likeness (QED) is 0.779. The van der Waals surface area contributed by atoms with Crippen LogP contribution in [0, 0.1) is 5.92 Å². The first-order valence-corrected chi connectivity index (χ1v) is 9.96. The lowest BCUT2D eigenvalue weighted by atomic mass is 9.83. The second-order valence-electron chi connectivity index (χ2n) is 6.68. The molecule has 5 nitrogen and oxygen atoms in total. The highest BCUT2D eigenvalue weighted by molar-refractivity contribution is 8.13. The summed E-state index contributed by atoms with van der Waals surface area (Å²) in [6, 6.07) is -0.200. The average Bonchev–Trinajstić information content (AvgIpc) is 2.32. The largest absolute Gasteiger partial charge is 0.444 e. The topological polar surface area (TPSA) is 72.5 Å². The highest BCUT2D eigenvalue weighted by Gasteiger charge is 2.28. The van der Waals surface area contributed by atoms with Gasteiger partial charge in [0.1, 0.15) is 5.60 Å². The molecular weight excluding hydrogens is 314 g/mol. The van der Waals surface area contributed by atoms with Crippen LogP contribution in [0.4, 0.5) is 4.79 Å².